The predicted octanol–water partition coefficient (Wildman–Crippen LogP) is 3.28. The Morgan fingerprint density at radius 3 is 1.72 bits per heavy atom. The molecule has 10 nitrogen and oxygen atoms in total. The molecule has 0 unspecified atom stereocenters. The smallest absolute Gasteiger partial charge is 0.328 e. The lowest BCUT2D eigenvalue weighted by Crippen LogP contribution is -2.59. The molecule has 10 heteroatoms. The zero-order chi connectivity index (χ0) is 32.3. The van der Waals surface area contributed by atoms with Crippen molar-refractivity contribution in [3.8, 4) is 0 Å². The van der Waals surface area contributed by atoms with Crippen LogP contribution in [0, 0.1) is 23.7 Å². The normalized spacial score (nSPS) is 24.9. The molecule has 0 aromatic heterocycles. The summed E-state index contributed by atoms with van der Waals surface area (Å²) in [6, 6.07) is 5.45. The standard InChI is InChI=1S/C33H52N4O6/c1-19(2)14-24-18-28(38)37-29(22(7)8)32(41)35-25(15-20(3)4)30(39)34-26(17-23-12-10-9-11-13-23)31(40)36-27(16-21(5)6)33(42)43-24/h9-13,19-22,24-27,29H,14-18H2,1-8H3,(H,34,39)(H,35,41)(H,36,40)(H,37,38)/t24-,25-,26-,27-,29-/m0/s1. The summed E-state index contributed by atoms with van der Waals surface area (Å²) in [6.07, 6.45) is 0.396. The average Bonchev–Trinajstić information content (AvgIpc) is 2.89. The van der Waals surface area contributed by atoms with Gasteiger partial charge in [0.05, 0.1) is 6.42 Å². The van der Waals surface area contributed by atoms with Crippen LogP contribution in [0.15, 0.2) is 30.3 Å². The summed E-state index contributed by atoms with van der Waals surface area (Å²) >= 11 is 0. The van der Waals surface area contributed by atoms with Gasteiger partial charge >= 0.3 is 5.97 Å². The first-order valence-corrected chi connectivity index (χ1v) is 15.6. The lowest BCUT2D eigenvalue weighted by molar-refractivity contribution is -0.156. The fourth-order valence-corrected chi connectivity index (χ4v) is 5.17. The van der Waals surface area contributed by atoms with Gasteiger partial charge in [0.25, 0.3) is 0 Å². The van der Waals surface area contributed by atoms with Crippen LogP contribution in [-0.4, -0.2) is 59.9 Å². The highest BCUT2D eigenvalue weighted by molar-refractivity contribution is 5.95. The van der Waals surface area contributed by atoms with Crippen LogP contribution >= 0.6 is 0 Å². The molecule has 1 aliphatic rings. The molecule has 4 amide bonds. The number of rotatable bonds is 9. The fourth-order valence-electron chi connectivity index (χ4n) is 5.17. The van der Waals surface area contributed by atoms with Crippen molar-refractivity contribution in [3.05, 3.63) is 35.9 Å². The van der Waals surface area contributed by atoms with Crippen molar-refractivity contribution in [1.82, 2.24) is 21.3 Å². The number of hydrogen-bond acceptors (Lipinski definition) is 6. The monoisotopic (exact) mass is 600 g/mol. The number of amides is 4. The molecule has 1 aromatic carbocycles. The Bertz CT molecular complexity index is 1090. The number of esters is 1. The number of ether oxygens (including phenoxy) is 1. The van der Waals surface area contributed by atoms with Crippen LogP contribution in [0.5, 0.6) is 0 Å². The number of nitrogens with one attached hydrogen (secondary N) is 4. The third-order valence-corrected chi connectivity index (χ3v) is 7.26. The van der Waals surface area contributed by atoms with Crippen LogP contribution in [0.3, 0.4) is 0 Å². The Labute approximate surface area is 256 Å². The molecule has 0 aliphatic carbocycles. The number of cyclic esters (lactones) is 1. The van der Waals surface area contributed by atoms with Crippen molar-refractivity contribution in [1.29, 1.82) is 0 Å². The van der Waals surface area contributed by atoms with Crippen molar-refractivity contribution in [2.24, 2.45) is 23.7 Å². The molecule has 1 aromatic rings. The van der Waals surface area contributed by atoms with Crippen molar-refractivity contribution in [2.75, 3.05) is 0 Å². The molecular weight excluding hydrogens is 548 g/mol. The van der Waals surface area contributed by atoms with Crippen LogP contribution in [0.25, 0.3) is 0 Å². The van der Waals surface area contributed by atoms with Crippen LogP contribution in [0.2, 0.25) is 0 Å². The summed E-state index contributed by atoms with van der Waals surface area (Å²) in [5.41, 5.74) is 0.823. The van der Waals surface area contributed by atoms with E-state index in [9.17, 15) is 24.0 Å². The quantitative estimate of drug-likeness (QED) is 0.321. The Balaban J connectivity index is 2.56. The molecule has 4 N–H and O–H groups in total. The van der Waals surface area contributed by atoms with E-state index in [1.54, 1.807) is 0 Å². The van der Waals surface area contributed by atoms with Crippen molar-refractivity contribution in [3.63, 3.8) is 0 Å². The van der Waals surface area contributed by atoms with E-state index in [1.807, 2.05) is 85.7 Å². The van der Waals surface area contributed by atoms with Gasteiger partial charge in [-0.3, -0.25) is 19.2 Å². The van der Waals surface area contributed by atoms with E-state index >= 15 is 0 Å². The van der Waals surface area contributed by atoms with Crippen molar-refractivity contribution < 1.29 is 28.7 Å². The van der Waals surface area contributed by atoms with Crippen molar-refractivity contribution >= 4 is 29.6 Å². The minimum Gasteiger partial charge on any atom is -0.460 e. The number of hydrogen-bond donors (Lipinski definition) is 4. The first-order chi connectivity index (χ1) is 20.2. The van der Waals surface area contributed by atoms with Gasteiger partial charge in [-0.1, -0.05) is 85.7 Å². The molecular formula is C33H52N4O6. The van der Waals surface area contributed by atoms with E-state index in [-0.39, 0.29) is 36.5 Å². The SMILES string of the molecule is CC(C)C[C@H]1CC(=O)N[C@@H](C(C)C)C(=O)N[C@@H](CC(C)C)C(=O)N[C@@H](Cc2ccccc2)C(=O)N[C@@H](CC(C)C)C(=O)O1. The van der Waals surface area contributed by atoms with E-state index in [1.165, 1.54) is 0 Å². The second kappa shape index (κ2) is 17.0. The maximum Gasteiger partial charge on any atom is 0.328 e. The fraction of sp³-hybridized carbons (Fsp3) is 0.667. The second-order valence-electron chi connectivity index (χ2n) is 13.3. The molecule has 2 rings (SSSR count). The topological polar surface area (TPSA) is 143 Å². The molecule has 1 fully saturated rings. The molecule has 1 saturated heterocycles. The van der Waals surface area contributed by atoms with Gasteiger partial charge in [-0.15, -0.1) is 0 Å². The molecule has 0 bridgehead atoms. The molecule has 1 heterocycles. The van der Waals surface area contributed by atoms with Crippen LogP contribution in [0.4, 0.5) is 0 Å². The summed E-state index contributed by atoms with van der Waals surface area (Å²) in [5, 5.41) is 11.3. The maximum atomic E-state index is 13.8. The van der Waals surface area contributed by atoms with Gasteiger partial charge in [0.2, 0.25) is 23.6 Å². The Kier molecular flexibility index (Phi) is 14.1. The minimum atomic E-state index is -1.01. The van der Waals surface area contributed by atoms with Gasteiger partial charge in [-0.05, 0) is 48.5 Å². The van der Waals surface area contributed by atoms with Gasteiger partial charge in [0.15, 0.2) is 0 Å². The second-order valence-corrected chi connectivity index (χ2v) is 13.3. The Hall–Kier alpha value is -3.43. The maximum absolute atomic E-state index is 13.8. The number of carbonyl (C=O) groups excluding carboxylic acids is 5. The molecule has 1 aliphatic heterocycles. The van der Waals surface area contributed by atoms with Crippen LogP contribution in [0.1, 0.15) is 86.6 Å². The predicted molar refractivity (Wildman–Crippen MR) is 166 cm³/mol. The van der Waals surface area contributed by atoms with Gasteiger partial charge in [-0.2, -0.15) is 0 Å². The van der Waals surface area contributed by atoms with Gasteiger partial charge in [0, 0.05) is 6.42 Å². The summed E-state index contributed by atoms with van der Waals surface area (Å²) < 4.78 is 5.85. The molecule has 43 heavy (non-hydrogen) atoms. The molecule has 0 spiro atoms. The summed E-state index contributed by atoms with van der Waals surface area (Å²) in [6.45, 7) is 15.3. The van der Waals surface area contributed by atoms with Crippen LogP contribution < -0.4 is 21.3 Å². The molecule has 5 atom stereocenters. The number of carbonyl (C=O) groups is 5. The number of benzene rings is 1. The Morgan fingerprint density at radius 2 is 1.16 bits per heavy atom. The molecule has 0 radical (unpaired) electrons. The highest BCUT2D eigenvalue weighted by atomic mass is 16.5. The van der Waals surface area contributed by atoms with Gasteiger partial charge < -0.3 is 26.0 Å². The average molecular weight is 601 g/mol. The highest BCUT2D eigenvalue weighted by Crippen LogP contribution is 2.17. The largest absolute Gasteiger partial charge is 0.460 e. The minimum absolute atomic E-state index is 0.0508. The molecule has 240 valence electrons. The summed E-state index contributed by atoms with van der Waals surface area (Å²) in [5.74, 6) is -2.64. The third-order valence-electron chi connectivity index (χ3n) is 7.26. The summed E-state index contributed by atoms with van der Waals surface area (Å²) in [4.78, 5) is 67.5. The highest BCUT2D eigenvalue weighted by Gasteiger charge is 2.35. The van der Waals surface area contributed by atoms with Crippen molar-refractivity contribution in [2.45, 2.75) is 118 Å². The van der Waals surface area contributed by atoms with Gasteiger partial charge in [0.1, 0.15) is 30.3 Å². The lowest BCUT2D eigenvalue weighted by atomic mass is 9.98. The van der Waals surface area contributed by atoms with E-state index in [4.69, 9.17) is 4.74 Å². The third kappa shape index (κ3) is 12.4. The van der Waals surface area contributed by atoms with Crippen LogP contribution in [-0.2, 0) is 35.1 Å². The zero-order valence-corrected chi connectivity index (χ0v) is 27.1. The Morgan fingerprint density at radius 1 is 0.651 bits per heavy atom. The first-order valence-electron chi connectivity index (χ1n) is 15.6. The molecule has 0 saturated carbocycles. The lowest BCUT2D eigenvalue weighted by Gasteiger charge is -2.30. The van der Waals surface area contributed by atoms with E-state index in [0.29, 0.717) is 19.3 Å². The van der Waals surface area contributed by atoms with E-state index < -0.39 is 59.9 Å². The van der Waals surface area contributed by atoms with E-state index in [2.05, 4.69) is 21.3 Å². The van der Waals surface area contributed by atoms with Gasteiger partial charge in [-0.25, -0.2) is 4.79 Å². The van der Waals surface area contributed by atoms with E-state index in [0.717, 1.165) is 5.56 Å². The first kappa shape index (κ1) is 35.8. The summed E-state index contributed by atoms with van der Waals surface area (Å²) in [7, 11) is 0. The zero-order valence-electron chi connectivity index (χ0n) is 27.1.